The standard InChI is InChI=1S/C13H15BrN2O2.ClH/c1-8-10(7-14)16-13(15-8)9-4-5-11(17-2)12(6-9)18-3;/h4-6H,7H2,1-3H3,(H,15,16);1H. The van der Waals surface area contributed by atoms with Gasteiger partial charge in [-0.1, -0.05) is 15.9 Å². The number of alkyl halides is 1. The van der Waals surface area contributed by atoms with E-state index in [1.807, 2.05) is 25.1 Å². The Balaban J connectivity index is 0.00000180. The molecule has 1 aromatic carbocycles. The van der Waals surface area contributed by atoms with Crippen molar-refractivity contribution in [1.29, 1.82) is 0 Å². The number of aromatic amines is 1. The summed E-state index contributed by atoms with van der Waals surface area (Å²) in [5, 5.41) is 0.739. The van der Waals surface area contributed by atoms with Gasteiger partial charge in [-0.3, -0.25) is 0 Å². The van der Waals surface area contributed by atoms with Crippen LogP contribution in [0.4, 0.5) is 0 Å². The molecule has 2 rings (SSSR count). The van der Waals surface area contributed by atoms with Crippen LogP contribution in [0.2, 0.25) is 0 Å². The first-order chi connectivity index (χ1) is 8.69. The maximum absolute atomic E-state index is 5.29. The number of H-pyrrole nitrogens is 1. The molecule has 0 fully saturated rings. The number of nitrogens with zero attached hydrogens (tertiary/aromatic N) is 1. The number of rotatable bonds is 4. The Bertz CT molecular complexity index is 558. The molecule has 0 spiro atoms. The SMILES string of the molecule is COc1ccc(-c2nc(CBr)c(C)[nH]2)cc1OC.Cl. The molecule has 0 bridgehead atoms. The van der Waals surface area contributed by atoms with Gasteiger partial charge in [0.1, 0.15) is 5.82 Å². The number of nitrogens with one attached hydrogen (secondary N) is 1. The van der Waals surface area contributed by atoms with E-state index in [0.717, 1.165) is 28.1 Å². The van der Waals surface area contributed by atoms with Gasteiger partial charge < -0.3 is 14.5 Å². The van der Waals surface area contributed by atoms with E-state index in [-0.39, 0.29) is 12.4 Å². The molecule has 0 saturated heterocycles. The lowest BCUT2D eigenvalue weighted by molar-refractivity contribution is 0.355. The number of aryl methyl sites for hydroxylation is 1. The summed E-state index contributed by atoms with van der Waals surface area (Å²) in [6, 6.07) is 5.74. The Labute approximate surface area is 127 Å². The molecule has 0 aliphatic carbocycles. The smallest absolute Gasteiger partial charge is 0.161 e. The Hall–Kier alpha value is -1.20. The van der Waals surface area contributed by atoms with Crippen molar-refractivity contribution in [1.82, 2.24) is 9.97 Å². The number of methoxy groups -OCH3 is 2. The summed E-state index contributed by atoms with van der Waals surface area (Å²) in [4.78, 5) is 7.79. The molecular formula is C13H16BrClN2O2. The van der Waals surface area contributed by atoms with Gasteiger partial charge in [0.15, 0.2) is 11.5 Å². The Morgan fingerprint density at radius 2 is 1.89 bits per heavy atom. The van der Waals surface area contributed by atoms with Crippen LogP contribution in [-0.4, -0.2) is 24.2 Å². The number of benzene rings is 1. The second-order valence-corrected chi connectivity index (χ2v) is 4.42. The van der Waals surface area contributed by atoms with E-state index in [9.17, 15) is 0 Å². The third kappa shape index (κ3) is 3.22. The van der Waals surface area contributed by atoms with Gasteiger partial charge in [-0.25, -0.2) is 4.98 Å². The number of imidazole rings is 1. The normalized spacial score (nSPS) is 9.89. The molecule has 104 valence electrons. The first-order valence-corrected chi connectivity index (χ1v) is 6.65. The van der Waals surface area contributed by atoms with Crippen LogP contribution in [0.25, 0.3) is 11.4 Å². The Morgan fingerprint density at radius 3 is 2.42 bits per heavy atom. The number of hydrogen-bond donors (Lipinski definition) is 1. The summed E-state index contributed by atoms with van der Waals surface area (Å²) >= 11 is 3.42. The summed E-state index contributed by atoms with van der Waals surface area (Å²) < 4.78 is 10.5. The van der Waals surface area contributed by atoms with Crippen molar-refractivity contribution in [3.8, 4) is 22.9 Å². The molecule has 0 radical (unpaired) electrons. The summed E-state index contributed by atoms with van der Waals surface area (Å²) in [6.07, 6.45) is 0. The monoisotopic (exact) mass is 346 g/mol. The van der Waals surface area contributed by atoms with E-state index < -0.39 is 0 Å². The molecule has 0 amide bonds. The summed E-state index contributed by atoms with van der Waals surface area (Å²) in [7, 11) is 3.25. The molecule has 1 aromatic heterocycles. The molecule has 0 atom stereocenters. The lowest BCUT2D eigenvalue weighted by Gasteiger charge is -2.08. The highest BCUT2D eigenvalue weighted by Crippen LogP contribution is 2.31. The molecule has 0 saturated carbocycles. The highest BCUT2D eigenvalue weighted by Gasteiger charge is 2.10. The maximum atomic E-state index is 5.29. The number of aromatic nitrogens is 2. The minimum Gasteiger partial charge on any atom is -0.493 e. The van der Waals surface area contributed by atoms with Crippen molar-refractivity contribution in [2.75, 3.05) is 14.2 Å². The van der Waals surface area contributed by atoms with Gasteiger partial charge in [-0.15, -0.1) is 12.4 Å². The predicted octanol–water partition coefficient (Wildman–Crippen LogP) is 3.72. The third-order valence-corrected chi connectivity index (χ3v) is 3.30. The molecule has 1 heterocycles. The molecule has 4 nitrogen and oxygen atoms in total. The van der Waals surface area contributed by atoms with Crippen molar-refractivity contribution < 1.29 is 9.47 Å². The van der Waals surface area contributed by atoms with Crippen LogP contribution in [0.3, 0.4) is 0 Å². The summed E-state index contributed by atoms with van der Waals surface area (Å²) in [5.41, 5.74) is 3.05. The zero-order valence-electron chi connectivity index (χ0n) is 11.0. The summed E-state index contributed by atoms with van der Waals surface area (Å²) in [6.45, 7) is 2.01. The van der Waals surface area contributed by atoms with Crippen LogP contribution >= 0.6 is 28.3 Å². The average molecular weight is 348 g/mol. The molecule has 2 aromatic rings. The van der Waals surface area contributed by atoms with E-state index in [2.05, 4.69) is 25.9 Å². The second kappa shape index (κ2) is 6.82. The lowest BCUT2D eigenvalue weighted by atomic mass is 10.2. The van der Waals surface area contributed by atoms with Gasteiger partial charge in [-0.05, 0) is 25.1 Å². The van der Waals surface area contributed by atoms with E-state index >= 15 is 0 Å². The van der Waals surface area contributed by atoms with Crippen LogP contribution in [-0.2, 0) is 5.33 Å². The maximum Gasteiger partial charge on any atom is 0.161 e. The molecule has 6 heteroatoms. The molecule has 1 N–H and O–H groups in total. The van der Waals surface area contributed by atoms with Crippen LogP contribution in [0.1, 0.15) is 11.4 Å². The van der Waals surface area contributed by atoms with Crippen molar-refractivity contribution in [3.63, 3.8) is 0 Å². The van der Waals surface area contributed by atoms with Gasteiger partial charge in [0.25, 0.3) is 0 Å². The average Bonchev–Trinajstić information content (AvgIpc) is 2.79. The highest BCUT2D eigenvalue weighted by molar-refractivity contribution is 9.08. The number of hydrogen-bond acceptors (Lipinski definition) is 3. The van der Waals surface area contributed by atoms with Crippen LogP contribution < -0.4 is 9.47 Å². The first kappa shape index (κ1) is 15.9. The van der Waals surface area contributed by atoms with E-state index in [0.29, 0.717) is 11.5 Å². The fourth-order valence-corrected chi connectivity index (χ4v) is 2.29. The fourth-order valence-electron chi connectivity index (χ4n) is 1.75. The topological polar surface area (TPSA) is 47.1 Å². The zero-order valence-corrected chi connectivity index (χ0v) is 13.4. The number of ether oxygens (including phenoxy) is 2. The fraction of sp³-hybridized carbons (Fsp3) is 0.308. The predicted molar refractivity (Wildman–Crippen MR) is 81.7 cm³/mol. The van der Waals surface area contributed by atoms with E-state index in [4.69, 9.17) is 9.47 Å². The third-order valence-electron chi connectivity index (χ3n) is 2.77. The molecule has 0 aliphatic heterocycles. The quantitative estimate of drug-likeness (QED) is 0.858. The van der Waals surface area contributed by atoms with Gasteiger partial charge in [0.2, 0.25) is 0 Å². The minimum atomic E-state index is 0. The van der Waals surface area contributed by atoms with Crippen molar-refractivity contribution in [2.45, 2.75) is 12.3 Å². The Morgan fingerprint density at radius 1 is 1.21 bits per heavy atom. The second-order valence-electron chi connectivity index (χ2n) is 3.86. The molecular weight excluding hydrogens is 332 g/mol. The lowest BCUT2D eigenvalue weighted by Crippen LogP contribution is -1.91. The van der Waals surface area contributed by atoms with Crippen LogP contribution in [0.15, 0.2) is 18.2 Å². The van der Waals surface area contributed by atoms with Gasteiger partial charge >= 0.3 is 0 Å². The van der Waals surface area contributed by atoms with E-state index in [1.165, 1.54) is 0 Å². The highest BCUT2D eigenvalue weighted by atomic mass is 79.9. The van der Waals surface area contributed by atoms with Gasteiger partial charge in [-0.2, -0.15) is 0 Å². The van der Waals surface area contributed by atoms with E-state index in [1.54, 1.807) is 14.2 Å². The first-order valence-electron chi connectivity index (χ1n) is 5.53. The van der Waals surface area contributed by atoms with Gasteiger partial charge in [0, 0.05) is 16.6 Å². The van der Waals surface area contributed by atoms with Crippen LogP contribution in [0, 0.1) is 6.92 Å². The zero-order chi connectivity index (χ0) is 13.1. The minimum absolute atomic E-state index is 0. The van der Waals surface area contributed by atoms with Crippen molar-refractivity contribution in [2.24, 2.45) is 0 Å². The van der Waals surface area contributed by atoms with Crippen LogP contribution in [0.5, 0.6) is 11.5 Å². The summed E-state index contributed by atoms with van der Waals surface area (Å²) in [5.74, 6) is 2.25. The molecule has 0 aliphatic rings. The number of halogens is 2. The largest absolute Gasteiger partial charge is 0.493 e. The molecule has 19 heavy (non-hydrogen) atoms. The Kier molecular flexibility index (Phi) is 5.69. The van der Waals surface area contributed by atoms with Gasteiger partial charge in [0.05, 0.1) is 19.9 Å². The van der Waals surface area contributed by atoms with Crippen molar-refractivity contribution >= 4 is 28.3 Å². The van der Waals surface area contributed by atoms with Crippen molar-refractivity contribution in [3.05, 3.63) is 29.6 Å². The molecule has 0 unspecified atom stereocenters.